The van der Waals surface area contributed by atoms with E-state index in [0.29, 0.717) is 10.7 Å². The predicted molar refractivity (Wildman–Crippen MR) is 104 cm³/mol. The largest absolute Gasteiger partial charge is 0.398 e. The van der Waals surface area contributed by atoms with Crippen LogP contribution in [0.3, 0.4) is 0 Å². The lowest BCUT2D eigenvalue weighted by molar-refractivity contribution is 0.0981. The van der Waals surface area contributed by atoms with E-state index >= 15 is 0 Å². The molecule has 4 N–H and O–H groups in total. The number of aromatic nitrogens is 2. The fourth-order valence-corrected chi connectivity index (χ4v) is 3.32. The highest BCUT2D eigenvalue weighted by atomic mass is 35.5. The van der Waals surface area contributed by atoms with Gasteiger partial charge in [0.05, 0.1) is 0 Å². The summed E-state index contributed by atoms with van der Waals surface area (Å²) in [5.41, 5.74) is 7.85. The van der Waals surface area contributed by atoms with Crippen molar-refractivity contribution < 1.29 is 4.79 Å². The lowest BCUT2D eigenvalue weighted by Gasteiger charge is -2.04. The monoisotopic (exact) mass is 383 g/mol. The molecule has 0 spiro atoms. The fourth-order valence-electron chi connectivity index (χ4n) is 2.14. The van der Waals surface area contributed by atoms with Crippen LogP contribution in [0.2, 0.25) is 5.15 Å². The van der Waals surface area contributed by atoms with Crippen molar-refractivity contribution in [2.24, 2.45) is 5.73 Å². The third-order valence-corrected chi connectivity index (χ3v) is 4.84. The van der Waals surface area contributed by atoms with Crippen molar-refractivity contribution in [3.8, 4) is 10.6 Å². The van der Waals surface area contributed by atoms with Crippen LogP contribution in [0.25, 0.3) is 16.3 Å². The van der Waals surface area contributed by atoms with Crippen molar-refractivity contribution in [1.29, 1.82) is 5.41 Å². The summed E-state index contributed by atoms with van der Waals surface area (Å²) < 4.78 is 0. The summed E-state index contributed by atoms with van der Waals surface area (Å²) in [5, 5.41) is 11.1. The summed E-state index contributed by atoms with van der Waals surface area (Å²) in [4.78, 5) is 20.8. The number of hydrogen-bond donors (Lipinski definition) is 3. The first-order chi connectivity index (χ1) is 12.5. The third kappa shape index (κ3) is 4.14. The first-order valence-corrected chi connectivity index (χ1v) is 8.73. The number of rotatable bonds is 4. The zero-order chi connectivity index (χ0) is 18.5. The van der Waals surface area contributed by atoms with Crippen LogP contribution in [0, 0.1) is 5.41 Å². The summed E-state index contributed by atoms with van der Waals surface area (Å²) in [7, 11) is 0. The number of nitrogens with zero attached hydrogens (tertiary/aromatic N) is 2. The van der Waals surface area contributed by atoms with Gasteiger partial charge in [0.25, 0.3) is 5.91 Å². The van der Waals surface area contributed by atoms with Crippen molar-refractivity contribution in [3.63, 3.8) is 0 Å². The number of thiazole rings is 1. The summed E-state index contributed by atoms with van der Waals surface area (Å²) >= 11 is 7.22. The molecule has 2 aromatic heterocycles. The Kier molecular flexibility index (Phi) is 5.40. The maximum Gasteiger partial charge on any atom is 0.270 e. The molecule has 0 bridgehead atoms. The number of nitrogens with one attached hydrogen (secondary N) is 2. The van der Waals surface area contributed by atoms with Gasteiger partial charge < -0.3 is 11.1 Å². The normalized spacial score (nSPS) is 11.2. The minimum absolute atomic E-state index is 0.0826. The standard InChI is InChI=1S/C18H14ClN5OS/c19-16-15(26-18(24-16)12-7-4-8-22-10-12)17(25)23-14(21)9-13(20)11-5-2-1-3-6-11/h1-10H,20H2,(H2,21,23,25)/b13-9-. The predicted octanol–water partition coefficient (Wildman–Crippen LogP) is 3.57. The van der Waals surface area contributed by atoms with Gasteiger partial charge in [0.15, 0.2) is 5.15 Å². The van der Waals surface area contributed by atoms with Gasteiger partial charge in [-0.3, -0.25) is 15.2 Å². The van der Waals surface area contributed by atoms with E-state index in [0.717, 1.165) is 22.5 Å². The van der Waals surface area contributed by atoms with Crippen LogP contribution in [-0.2, 0) is 0 Å². The van der Waals surface area contributed by atoms with Crippen LogP contribution in [0.15, 0.2) is 60.9 Å². The Bertz CT molecular complexity index is 970. The summed E-state index contributed by atoms with van der Waals surface area (Å²) in [6, 6.07) is 12.8. The number of halogens is 1. The molecule has 26 heavy (non-hydrogen) atoms. The first kappa shape index (κ1) is 17.8. The smallest absolute Gasteiger partial charge is 0.270 e. The number of pyridine rings is 1. The van der Waals surface area contributed by atoms with Gasteiger partial charge in [0.1, 0.15) is 15.7 Å². The SMILES string of the molecule is N=C(/C=C(\N)c1ccccc1)NC(=O)c1sc(-c2cccnc2)nc1Cl. The van der Waals surface area contributed by atoms with Gasteiger partial charge in [-0.1, -0.05) is 41.9 Å². The lowest BCUT2D eigenvalue weighted by Crippen LogP contribution is -2.28. The molecule has 0 aliphatic carbocycles. The molecular formula is C18H14ClN5OS. The van der Waals surface area contributed by atoms with Crippen LogP contribution < -0.4 is 11.1 Å². The minimum Gasteiger partial charge on any atom is -0.398 e. The molecule has 0 atom stereocenters. The van der Waals surface area contributed by atoms with Gasteiger partial charge in [0, 0.05) is 29.7 Å². The zero-order valence-corrected chi connectivity index (χ0v) is 15.0. The molecule has 0 fully saturated rings. The molecule has 1 aromatic carbocycles. The molecule has 8 heteroatoms. The molecule has 1 amide bonds. The van der Waals surface area contributed by atoms with Crippen molar-refractivity contribution in [3.05, 3.63) is 76.5 Å². The van der Waals surface area contributed by atoms with Crippen LogP contribution in [-0.4, -0.2) is 21.7 Å². The van der Waals surface area contributed by atoms with E-state index in [9.17, 15) is 4.79 Å². The van der Waals surface area contributed by atoms with Crippen LogP contribution in [0.4, 0.5) is 0 Å². The molecule has 0 radical (unpaired) electrons. The molecule has 6 nitrogen and oxygen atoms in total. The molecule has 2 heterocycles. The van der Waals surface area contributed by atoms with E-state index in [2.05, 4.69) is 15.3 Å². The second-order valence-corrected chi connectivity index (χ2v) is 6.57. The number of nitrogens with two attached hydrogens (primary N) is 1. The quantitative estimate of drug-likeness (QED) is 0.473. The third-order valence-electron chi connectivity index (χ3n) is 3.36. The molecule has 0 saturated heterocycles. The van der Waals surface area contributed by atoms with Crippen LogP contribution >= 0.6 is 22.9 Å². The van der Waals surface area contributed by atoms with Crippen LogP contribution in [0.1, 0.15) is 15.2 Å². The molecule has 0 aliphatic rings. The number of hydrogen-bond acceptors (Lipinski definition) is 6. The van der Waals surface area contributed by atoms with E-state index in [-0.39, 0.29) is 15.9 Å². The Morgan fingerprint density at radius 3 is 2.69 bits per heavy atom. The highest BCUT2D eigenvalue weighted by Gasteiger charge is 2.18. The molecule has 0 aliphatic heterocycles. The molecular weight excluding hydrogens is 370 g/mol. The first-order valence-electron chi connectivity index (χ1n) is 7.54. The Hall–Kier alpha value is -3.03. The van der Waals surface area contributed by atoms with Crippen molar-refractivity contribution >= 4 is 40.4 Å². The van der Waals surface area contributed by atoms with Gasteiger partial charge in [-0.15, -0.1) is 11.3 Å². The second-order valence-electron chi connectivity index (χ2n) is 5.21. The summed E-state index contributed by atoms with van der Waals surface area (Å²) in [6.45, 7) is 0. The Morgan fingerprint density at radius 1 is 1.23 bits per heavy atom. The van der Waals surface area contributed by atoms with Gasteiger partial charge in [-0.05, 0) is 17.7 Å². The molecule has 130 valence electrons. The van der Waals surface area contributed by atoms with E-state index in [1.54, 1.807) is 18.5 Å². The maximum absolute atomic E-state index is 12.4. The number of carbonyl (C=O) groups is 1. The average molecular weight is 384 g/mol. The Labute approximate surface area is 158 Å². The van der Waals surface area contributed by atoms with Crippen LogP contribution in [0.5, 0.6) is 0 Å². The van der Waals surface area contributed by atoms with Crippen molar-refractivity contribution in [1.82, 2.24) is 15.3 Å². The van der Waals surface area contributed by atoms with E-state index in [1.165, 1.54) is 6.08 Å². The highest BCUT2D eigenvalue weighted by molar-refractivity contribution is 7.17. The summed E-state index contributed by atoms with van der Waals surface area (Å²) in [6.07, 6.45) is 4.67. The number of carbonyl (C=O) groups excluding carboxylic acids is 1. The van der Waals surface area contributed by atoms with Crippen molar-refractivity contribution in [2.75, 3.05) is 0 Å². The molecule has 3 aromatic rings. The second kappa shape index (κ2) is 7.90. The maximum atomic E-state index is 12.4. The van der Waals surface area contributed by atoms with E-state index in [4.69, 9.17) is 22.7 Å². The Balaban J connectivity index is 1.74. The highest BCUT2D eigenvalue weighted by Crippen LogP contribution is 2.30. The topological polar surface area (TPSA) is 105 Å². The average Bonchev–Trinajstić information content (AvgIpc) is 3.05. The van der Waals surface area contributed by atoms with Gasteiger partial charge in [0.2, 0.25) is 0 Å². The molecule has 3 rings (SSSR count). The van der Waals surface area contributed by atoms with E-state index < -0.39 is 5.91 Å². The van der Waals surface area contributed by atoms with Gasteiger partial charge >= 0.3 is 0 Å². The van der Waals surface area contributed by atoms with Crippen molar-refractivity contribution in [2.45, 2.75) is 0 Å². The number of amidine groups is 1. The summed E-state index contributed by atoms with van der Waals surface area (Å²) in [5.74, 6) is -0.645. The zero-order valence-electron chi connectivity index (χ0n) is 13.4. The van der Waals surface area contributed by atoms with Gasteiger partial charge in [-0.2, -0.15) is 0 Å². The molecule has 0 unspecified atom stereocenters. The minimum atomic E-state index is -0.509. The van der Waals surface area contributed by atoms with E-state index in [1.807, 2.05) is 36.4 Å². The lowest BCUT2D eigenvalue weighted by atomic mass is 10.1. The van der Waals surface area contributed by atoms with Gasteiger partial charge in [-0.25, -0.2) is 4.98 Å². The fraction of sp³-hybridized carbons (Fsp3) is 0. The number of benzene rings is 1. The number of amides is 1. The molecule has 0 saturated carbocycles. The Morgan fingerprint density at radius 2 is 2.00 bits per heavy atom.